The summed E-state index contributed by atoms with van der Waals surface area (Å²) in [5.74, 6) is -0.0397. The van der Waals surface area contributed by atoms with Crippen molar-refractivity contribution >= 4 is 34.3 Å². The molecule has 0 fully saturated rings. The quantitative estimate of drug-likeness (QED) is 0.337. The lowest BCUT2D eigenvalue weighted by Crippen LogP contribution is -2.11. The summed E-state index contributed by atoms with van der Waals surface area (Å²) < 4.78 is 11.2. The lowest BCUT2D eigenvalue weighted by molar-refractivity contribution is -0.130. The number of rotatable bonds is 4. The number of allylic oxidation sites excluding steroid dienone is 2. The topological polar surface area (TPSA) is 52.6 Å². The van der Waals surface area contributed by atoms with E-state index >= 15 is 0 Å². The van der Waals surface area contributed by atoms with E-state index in [2.05, 4.69) is 25.3 Å². The summed E-state index contributed by atoms with van der Waals surface area (Å²) in [6.07, 6.45) is 7.26. The molecular weight excluding hydrogens is 352 g/mol. The fraction of sp³-hybridized carbons (Fsp3) is 0.143. The molecule has 0 amide bonds. The van der Waals surface area contributed by atoms with Crippen molar-refractivity contribution in [2.24, 2.45) is 0 Å². The molecule has 5 heteroatoms. The second kappa shape index (κ2) is 6.15. The second-order valence-corrected chi connectivity index (χ2v) is 6.64. The van der Waals surface area contributed by atoms with E-state index in [1.165, 1.54) is 0 Å². The van der Waals surface area contributed by atoms with Gasteiger partial charge in [-0.3, -0.25) is 0 Å². The third-order valence-electron chi connectivity index (χ3n) is 4.83. The SMILES string of the molecule is C=CC(=O)Oc1c2c(c(OC(=O)C=C)c3c(Cl)cccc13)C1C=CC2C1. The zero-order valence-electron chi connectivity index (χ0n) is 13.8. The summed E-state index contributed by atoms with van der Waals surface area (Å²) in [6, 6.07) is 5.28. The monoisotopic (exact) mass is 366 g/mol. The molecular formula is C21H15ClO4. The number of carbonyl (C=O) groups excluding carboxylic acids is 2. The lowest BCUT2D eigenvalue weighted by Gasteiger charge is -2.22. The molecule has 0 aliphatic heterocycles. The van der Waals surface area contributed by atoms with Crippen LogP contribution < -0.4 is 9.47 Å². The van der Waals surface area contributed by atoms with Crippen LogP contribution in [0.2, 0.25) is 5.02 Å². The number of benzene rings is 2. The first-order valence-corrected chi connectivity index (χ1v) is 8.57. The second-order valence-electron chi connectivity index (χ2n) is 6.23. The molecule has 0 saturated carbocycles. The van der Waals surface area contributed by atoms with E-state index < -0.39 is 11.9 Å². The van der Waals surface area contributed by atoms with Gasteiger partial charge >= 0.3 is 11.9 Å². The van der Waals surface area contributed by atoms with E-state index in [-0.39, 0.29) is 11.8 Å². The van der Waals surface area contributed by atoms with Crippen LogP contribution in [0.15, 0.2) is 55.7 Å². The Labute approximate surface area is 155 Å². The van der Waals surface area contributed by atoms with Gasteiger partial charge in [-0.2, -0.15) is 0 Å². The molecule has 0 saturated heterocycles. The average molecular weight is 367 g/mol. The van der Waals surface area contributed by atoms with Crippen molar-refractivity contribution in [3.8, 4) is 11.5 Å². The van der Waals surface area contributed by atoms with Crippen LogP contribution in [0.25, 0.3) is 10.8 Å². The Hall–Kier alpha value is -2.85. The first-order valence-electron chi connectivity index (χ1n) is 8.20. The molecule has 26 heavy (non-hydrogen) atoms. The highest BCUT2D eigenvalue weighted by atomic mass is 35.5. The van der Waals surface area contributed by atoms with Crippen molar-refractivity contribution in [1.82, 2.24) is 0 Å². The van der Waals surface area contributed by atoms with Crippen molar-refractivity contribution in [1.29, 1.82) is 0 Å². The molecule has 0 aromatic heterocycles. The van der Waals surface area contributed by atoms with Crippen molar-refractivity contribution in [3.05, 3.63) is 71.8 Å². The highest BCUT2D eigenvalue weighted by molar-refractivity contribution is 6.36. The highest BCUT2D eigenvalue weighted by Gasteiger charge is 2.40. The maximum absolute atomic E-state index is 12.0. The summed E-state index contributed by atoms with van der Waals surface area (Å²) in [5, 5.41) is 1.59. The molecule has 0 radical (unpaired) electrons. The normalized spacial score (nSPS) is 19.3. The number of ether oxygens (including phenoxy) is 2. The standard InChI is InChI=1S/C21H15ClO4/c1-3-15(23)25-20-13-6-5-7-14(22)19(13)21(26-16(24)4-2)18-12-9-8-11(10-12)17(18)20/h3-9,11-12H,1-2,10H2. The molecule has 130 valence electrons. The van der Waals surface area contributed by atoms with Gasteiger partial charge in [0.2, 0.25) is 0 Å². The molecule has 0 heterocycles. The van der Waals surface area contributed by atoms with E-state index in [1.54, 1.807) is 18.2 Å². The van der Waals surface area contributed by atoms with E-state index in [0.717, 1.165) is 29.7 Å². The van der Waals surface area contributed by atoms with Crippen molar-refractivity contribution in [2.75, 3.05) is 0 Å². The molecule has 2 aromatic carbocycles. The molecule has 2 aliphatic rings. The number of carbonyl (C=O) groups is 2. The molecule has 2 bridgehead atoms. The number of halogens is 1. The zero-order valence-corrected chi connectivity index (χ0v) is 14.6. The predicted octanol–water partition coefficient (Wildman–Crippen LogP) is 4.82. The molecule has 2 atom stereocenters. The van der Waals surface area contributed by atoms with Crippen LogP contribution >= 0.6 is 11.6 Å². The van der Waals surface area contributed by atoms with Crippen LogP contribution in [-0.4, -0.2) is 11.9 Å². The summed E-state index contributed by atoms with van der Waals surface area (Å²) in [4.78, 5) is 23.9. The largest absolute Gasteiger partial charge is 0.422 e. The molecule has 4 nitrogen and oxygen atoms in total. The summed E-state index contributed by atoms with van der Waals surface area (Å²) in [5.41, 5.74) is 1.72. The first kappa shape index (κ1) is 16.6. The van der Waals surface area contributed by atoms with Crippen LogP contribution in [0.3, 0.4) is 0 Å². The number of esters is 2. The van der Waals surface area contributed by atoms with Gasteiger partial charge in [-0.1, -0.05) is 49.0 Å². The molecule has 2 aromatic rings. The Kier molecular flexibility index (Phi) is 3.93. The van der Waals surface area contributed by atoms with Crippen LogP contribution in [0.4, 0.5) is 0 Å². The molecule has 2 aliphatic carbocycles. The molecule has 0 spiro atoms. The van der Waals surface area contributed by atoms with E-state index in [4.69, 9.17) is 21.1 Å². The Balaban J connectivity index is 2.09. The van der Waals surface area contributed by atoms with E-state index in [1.807, 2.05) is 0 Å². The average Bonchev–Trinajstić information content (AvgIpc) is 3.25. The third-order valence-corrected chi connectivity index (χ3v) is 5.14. The van der Waals surface area contributed by atoms with Gasteiger partial charge in [0.25, 0.3) is 0 Å². The maximum Gasteiger partial charge on any atom is 0.335 e. The Bertz CT molecular complexity index is 1020. The lowest BCUT2D eigenvalue weighted by atomic mass is 9.90. The minimum atomic E-state index is -0.559. The van der Waals surface area contributed by atoms with Crippen LogP contribution in [0.1, 0.15) is 29.4 Å². The molecule has 2 unspecified atom stereocenters. The Morgan fingerprint density at radius 2 is 1.58 bits per heavy atom. The van der Waals surface area contributed by atoms with Gasteiger partial charge in [0.15, 0.2) is 0 Å². The van der Waals surface area contributed by atoms with Gasteiger partial charge in [-0.15, -0.1) is 0 Å². The fourth-order valence-electron chi connectivity index (χ4n) is 3.83. The third kappa shape index (κ3) is 2.37. The van der Waals surface area contributed by atoms with Crippen molar-refractivity contribution < 1.29 is 19.1 Å². The van der Waals surface area contributed by atoms with Gasteiger partial charge in [0.05, 0.1) is 5.02 Å². The number of hydrogen-bond donors (Lipinski definition) is 0. The number of fused-ring (bicyclic) bond motifs is 6. The van der Waals surface area contributed by atoms with E-state index in [0.29, 0.717) is 27.3 Å². The predicted molar refractivity (Wildman–Crippen MR) is 99.9 cm³/mol. The van der Waals surface area contributed by atoms with Crippen LogP contribution in [0.5, 0.6) is 11.5 Å². The Morgan fingerprint density at radius 3 is 2.19 bits per heavy atom. The van der Waals surface area contributed by atoms with Gasteiger partial charge < -0.3 is 9.47 Å². The Morgan fingerprint density at radius 1 is 1.00 bits per heavy atom. The minimum absolute atomic E-state index is 0.0875. The molecule has 0 N–H and O–H groups in total. The maximum atomic E-state index is 12.0. The molecule has 4 rings (SSSR count). The highest BCUT2D eigenvalue weighted by Crippen LogP contribution is 2.59. The van der Waals surface area contributed by atoms with Gasteiger partial charge in [-0.05, 0) is 12.5 Å². The van der Waals surface area contributed by atoms with Gasteiger partial charge in [0.1, 0.15) is 11.5 Å². The summed E-state index contributed by atoms with van der Waals surface area (Å²) in [6.45, 7) is 6.94. The summed E-state index contributed by atoms with van der Waals surface area (Å²) >= 11 is 6.44. The van der Waals surface area contributed by atoms with E-state index in [9.17, 15) is 9.59 Å². The number of hydrogen-bond acceptors (Lipinski definition) is 4. The fourth-order valence-corrected chi connectivity index (χ4v) is 4.09. The smallest absolute Gasteiger partial charge is 0.335 e. The van der Waals surface area contributed by atoms with Crippen LogP contribution in [0, 0.1) is 0 Å². The minimum Gasteiger partial charge on any atom is -0.422 e. The zero-order chi connectivity index (χ0) is 18.4. The van der Waals surface area contributed by atoms with Crippen molar-refractivity contribution in [3.63, 3.8) is 0 Å². The van der Waals surface area contributed by atoms with Crippen LogP contribution in [-0.2, 0) is 9.59 Å². The summed E-state index contributed by atoms with van der Waals surface area (Å²) in [7, 11) is 0. The van der Waals surface area contributed by atoms with Gasteiger partial charge in [-0.25, -0.2) is 9.59 Å². The van der Waals surface area contributed by atoms with Crippen molar-refractivity contribution in [2.45, 2.75) is 18.3 Å². The first-order chi connectivity index (χ1) is 12.5. The van der Waals surface area contributed by atoms with Gasteiger partial charge in [0, 0.05) is 45.9 Å².